The maximum atomic E-state index is 12.2. The summed E-state index contributed by atoms with van der Waals surface area (Å²) in [6, 6.07) is 10.0. The molecule has 0 spiro atoms. The number of ether oxygens (including phenoxy) is 2. The fourth-order valence-electron chi connectivity index (χ4n) is 1.76. The van der Waals surface area contributed by atoms with Crippen LogP contribution in [0.5, 0.6) is 11.5 Å². The highest BCUT2D eigenvalue weighted by molar-refractivity contribution is 6.36. The molecule has 21 heavy (non-hydrogen) atoms. The summed E-state index contributed by atoms with van der Waals surface area (Å²) >= 11 is 12.1. The highest BCUT2D eigenvalue weighted by Gasteiger charge is 2.15. The fourth-order valence-corrected chi connectivity index (χ4v) is 2.23. The molecule has 110 valence electrons. The SMILES string of the molecule is CCOc1ccccc1C(=O)Oc1cc(Cl)c(C)c(Cl)c1. The van der Waals surface area contributed by atoms with Crippen LogP contribution in [-0.4, -0.2) is 12.6 Å². The summed E-state index contributed by atoms with van der Waals surface area (Å²) in [7, 11) is 0. The average Bonchev–Trinajstić information content (AvgIpc) is 2.45. The van der Waals surface area contributed by atoms with Crippen LogP contribution in [0.25, 0.3) is 0 Å². The Balaban J connectivity index is 2.26. The second-order valence-electron chi connectivity index (χ2n) is 4.33. The Morgan fingerprint density at radius 1 is 1.14 bits per heavy atom. The molecule has 2 aromatic rings. The van der Waals surface area contributed by atoms with Gasteiger partial charge in [-0.1, -0.05) is 35.3 Å². The van der Waals surface area contributed by atoms with Gasteiger partial charge in [0.1, 0.15) is 17.1 Å². The number of hydrogen-bond acceptors (Lipinski definition) is 3. The van der Waals surface area contributed by atoms with E-state index >= 15 is 0 Å². The Morgan fingerprint density at radius 3 is 2.38 bits per heavy atom. The van der Waals surface area contributed by atoms with Crippen molar-refractivity contribution in [1.29, 1.82) is 0 Å². The molecule has 0 aliphatic carbocycles. The van der Waals surface area contributed by atoms with Crippen LogP contribution >= 0.6 is 23.2 Å². The molecule has 0 unspecified atom stereocenters. The van der Waals surface area contributed by atoms with Crippen molar-refractivity contribution >= 4 is 29.2 Å². The maximum Gasteiger partial charge on any atom is 0.347 e. The summed E-state index contributed by atoms with van der Waals surface area (Å²) in [5, 5.41) is 0.895. The first kappa shape index (κ1) is 15.7. The molecule has 0 radical (unpaired) electrons. The van der Waals surface area contributed by atoms with Gasteiger partial charge in [-0.2, -0.15) is 0 Å². The molecule has 0 saturated carbocycles. The first-order valence-corrected chi connectivity index (χ1v) is 7.18. The van der Waals surface area contributed by atoms with Crippen LogP contribution in [0.1, 0.15) is 22.8 Å². The summed E-state index contributed by atoms with van der Waals surface area (Å²) in [6.07, 6.45) is 0. The van der Waals surface area contributed by atoms with E-state index in [0.29, 0.717) is 33.7 Å². The Kier molecular flexibility index (Phi) is 5.10. The number of rotatable bonds is 4. The van der Waals surface area contributed by atoms with Crippen molar-refractivity contribution < 1.29 is 14.3 Å². The normalized spacial score (nSPS) is 10.3. The molecule has 0 heterocycles. The number of benzene rings is 2. The largest absolute Gasteiger partial charge is 0.493 e. The van der Waals surface area contributed by atoms with Crippen LogP contribution in [0.3, 0.4) is 0 Å². The van der Waals surface area contributed by atoms with Crippen molar-refractivity contribution in [3.8, 4) is 11.5 Å². The third kappa shape index (κ3) is 3.69. The van der Waals surface area contributed by atoms with Gasteiger partial charge in [-0.15, -0.1) is 0 Å². The summed E-state index contributed by atoms with van der Waals surface area (Å²) in [6.45, 7) is 4.11. The molecule has 2 rings (SSSR count). The molecule has 0 saturated heterocycles. The second kappa shape index (κ2) is 6.83. The zero-order chi connectivity index (χ0) is 15.4. The van der Waals surface area contributed by atoms with Crippen molar-refractivity contribution in [2.75, 3.05) is 6.61 Å². The molecule has 0 aliphatic rings. The minimum atomic E-state index is -0.518. The van der Waals surface area contributed by atoms with Gasteiger partial charge in [-0.3, -0.25) is 0 Å². The zero-order valence-corrected chi connectivity index (χ0v) is 13.2. The van der Waals surface area contributed by atoms with Crippen molar-refractivity contribution in [3.05, 3.63) is 57.6 Å². The highest BCUT2D eigenvalue weighted by Crippen LogP contribution is 2.30. The van der Waals surface area contributed by atoms with Crippen LogP contribution < -0.4 is 9.47 Å². The van der Waals surface area contributed by atoms with Gasteiger partial charge in [-0.25, -0.2) is 4.79 Å². The van der Waals surface area contributed by atoms with Gasteiger partial charge in [0.15, 0.2) is 0 Å². The molecule has 5 heteroatoms. The molecule has 2 aromatic carbocycles. The van der Waals surface area contributed by atoms with E-state index in [-0.39, 0.29) is 0 Å². The van der Waals surface area contributed by atoms with Crippen LogP contribution in [-0.2, 0) is 0 Å². The molecule has 0 amide bonds. The lowest BCUT2D eigenvalue weighted by atomic mass is 10.2. The number of carbonyl (C=O) groups excluding carboxylic acids is 1. The first-order chi connectivity index (χ1) is 10.0. The summed E-state index contributed by atoms with van der Waals surface area (Å²) in [5.74, 6) is 0.260. The van der Waals surface area contributed by atoms with Gasteiger partial charge in [0.25, 0.3) is 0 Å². The van der Waals surface area contributed by atoms with E-state index in [1.54, 1.807) is 43.3 Å². The van der Waals surface area contributed by atoms with E-state index in [4.69, 9.17) is 32.7 Å². The minimum Gasteiger partial charge on any atom is -0.493 e. The van der Waals surface area contributed by atoms with Crippen LogP contribution in [0.2, 0.25) is 10.0 Å². The lowest BCUT2D eigenvalue weighted by molar-refractivity contribution is 0.0730. The van der Waals surface area contributed by atoms with Crippen molar-refractivity contribution in [3.63, 3.8) is 0 Å². The van der Waals surface area contributed by atoms with E-state index in [1.807, 2.05) is 6.92 Å². The smallest absolute Gasteiger partial charge is 0.347 e. The molecule has 3 nitrogen and oxygen atoms in total. The summed E-state index contributed by atoms with van der Waals surface area (Å²) in [5.41, 5.74) is 1.10. The predicted octanol–water partition coefficient (Wildman–Crippen LogP) is 4.92. The van der Waals surface area contributed by atoms with Gasteiger partial charge < -0.3 is 9.47 Å². The maximum absolute atomic E-state index is 12.2. The summed E-state index contributed by atoms with van der Waals surface area (Å²) in [4.78, 5) is 12.2. The van der Waals surface area contributed by atoms with Crippen LogP contribution in [0.4, 0.5) is 0 Å². The van der Waals surface area contributed by atoms with Gasteiger partial charge in [0.05, 0.1) is 6.61 Å². The number of hydrogen-bond donors (Lipinski definition) is 0. The van der Waals surface area contributed by atoms with E-state index in [9.17, 15) is 4.79 Å². The van der Waals surface area contributed by atoms with E-state index in [1.165, 1.54) is 0 Å². The minimum absolute atomic E-state index is 0.298. The van der Waals surface area contributed by atoms with Crippen LogP contribution in [0, 0.1) is 6.92 Å². The Hall–Kier alpha value is -1.71. The monoisotopic (exact) mass is 324 g/mol. The predicted molar refractivity (Wildman–Crippen MR) is 83.8 cm³/mol. The number of carbonyl (C=O) groups is 1. The first-order valence-electron chi connectivity index (χ1n) is 6.42. The quantitative estimate of drug-likeness (QED) is 0.591. The van der Waals surface area contributed by atoms with Crippen LogP contribution in [0.15, 0.2) is 36.4 Å². The molecular formula is C16H14Cl2O3. The standard InChI is InChI=1S/C16H14Cl2O3/c1-3-20-15-7-5-4-6-12(15)16(19)21-11-8-13(17)10(2)14(18)9-11/h4-9H,3H2,1-2H3. The Bertz CT molecular complexity index is 645. The topological polar surface area (TPSA) is 35.5 Å². The summed E-state index contributed by atoms with van der Waals surface area (Å²) < 4.78 is 10.7. The lowest BCUT2D eigenvalue weighted by Gasteiger charge is -2.11. The molecular weight excluding hydrogens is 311 g/mol. The number of halogens is 2. The Morgan fingerprint density at radius 2 is 1.76 bits per heavy atom. The third-order valence-electron chi connectivity index (χ3n) is 2.87. The number of para-hydroxylation sites is 1. The van der Waals surface area contributed by atoms with E-state index < -0.39 is 5.97 Å². The highest BCUT2D eigenvalue weighted by atomic mass is 35.5. The Labute approximate surface area is 133 Å². The van der Waals surface area contributed by atoms with E-state index in [2.05, 4.69) is 0 Å². The molecule has 0 N–H and O–H groups in total. The molecule has 0 bridgehead atoms. The van der Waals surface area contributed by atoms with Gasteiger partial charge >= 0.3 is 5.97 Å². The van der Waals surface area contributed by atoms with Crippen molar-refractivity contribution in [2.45, 2.75) is 13.8 Å². The van der Waals surface area contributed by atoms with Crippen molar-refractivity contribution in [1.82, 2.24) is 0 Å². The fraction of sp³-hybridized carbons (Fsp3) is 0.188. The average molecular weight is 325 g/mol. The second-order valence-corrected chi connectivity index (χ2v) is 5.15. The number of esters is 1. The molecule has 0 fully saturated rings. The van der Waals surface area contributed by atoms with Crippen molar-refractivity contribution in [2.24, 2.45) is 0 Å². The zero-order valence-electron chi connectivity index (χ0n) is 11.7. The van der Waals surface area contributed by atoms with E-state index in [0.717, 1.165) is 5.56 Å². The molecule has 0 aliphatic heterocycles. The third-order valence-corrected chi connectivity index (χ3v) is 3.66. The van der Waals surface area contributed by atoms with Gasteiger partial charge in [0.2, 0.25) is 0 Å². The molecule has 0 atom stereocenters. The van der Waals surface area contributed by atoms with Gasteiger partial charge in [-0.05, 0) is 43.7 Å². The molecule has 0 aromatic heterocycles. The van der Waals surface area contributed by atoms with Gasteiger partial charge in [0, 0.05) is 10.0 Å². The lowest BCUT2D eigenvalue weighted by Crippen LogP contribution is -2.11.